The Morgan fingerprint density at radius 3 is 3.05 bits per heavy atom. The molecule has 1 aliphatic heterocycles. The molecule has 0 atom stereocenters. The van der Waals surface area contributed by atoms with Crippen LogP contribution in [-0.4, -0.2) is 33.6 Å². The number of nitrogens with two attached hydrogens (primary N) is 1. The lowest BCUT2D eigenvalue weighted by atomic mass is 10.1. The van der Waals surface area contributed by atoms with Crippen molar-refractivity contribution in [2.75, 3.05) is 19.4 Å². The lowest BCUT2D eigenvalue weighted by Crippen LogP contribution is -2.31. The number of hydrogen-bond acceptors (Lipinski definition) is 6. The summed E-state index contributed by atoms with van der Waals surface area (Å²) in [6.07, 6.45) is 2.60. The minimum Gasteiger partial charge on any atom is -0.503 e. The molecule has 0 bridgehead atoms. The second-order valence-corrected chi connectivity index (χ2v) is 5.63. The van der Waals surface area contributed by atoms with Crippen LogP contribution in [0.3, 0.4) is 0 Å². The predicted octanol–water partition coefficient (Wildman–Crippen LogP) is 1.98. The Morgan fingerprint density at radius 1 is 1.45 bits per heavy atom. The quantitative estimate of drug-likeness (QED) is 0.899. The van der Waals surface area contributed by atoms with E-state index in [1.807, 2.05) is 6.07 Å². The van der Waals surface area contributed by atoms with Gasteiger partial charge in [0, 0.05) is 37.8 Å². The van der Waals surface area contributed by atoms with Crippen LogP contribution in [0.15, 0.2) is 18.3 Å². The molecule has 0 unspecified atom stereocenters. The van der Waals surface area contributed by atoms with Crippen molar-refractivity contribution in [3.05, 3.63) is 40.2 Å². The summed E-state index contributed by atoms with van der Waals surface area (Å²) < 4.78 is 5.05. The Balaban J connectivity index is 1.78. The molecule has 0 radical (unpaired) electrons. The van der Waals surface area contributed by atoms with Crippen molar-refractivity contribution in [2.45, 2.75) is 19.5 Å². The average Bonchev–Trinajstić information content (AvgIpc) is 2.52. The molecule has 0 saturated carbocycles. The smallest absolute Gasteiger partial charge is 0.220 e. The summed E-state index contributed by atoms with van der Waals surface area (Å²) in [6, 6.07) is 3.59. The molecule has 0 aliphatic carbocycles. The minimum atomic E-state index is -0.0183. The Hall–Kier alpha value is -2.05. The predicted molar refractivity (Wildman–Crippen MR) is 83.9 cm³/mol. The van der Waals surface area contributed by atoms with Gasteiger partial charge in [0.25, 0.3) is 0 Å². The molecule has 0 spiro atoms. The number of methoxy groups -OCH3 is 1. The van der Waals surface area contributed by atoms with Crippen LogP contribution in [0.2, 0.25) is 5.02 Å². The molecule has 1 aromatic carbocycles. The standard InChI is InChI=1S/C15H17ClN4O2/c1-22-12-3-2-9(13(16)14(12)21)7-20-5-4-11-10(8-20)6-18-15(17)19-11/h2-3,6,21H,4-5,7-8H2,1H3,(H2,17,18,19). The number of anilines is 1. The van der Waals surface area contributed by atoms with E-state index in [0.717, 1.165) is 36.3 Å². The third kappa shape index (κ3) is 2.80. The highest BCUT2D eigenvalue weighted by atomic mass is 35.5. The first kappa shape index (κ1) is 14.9. The zero-order valence-corrected chi connectivity index (χ0v) is 13.0. The van der Waals surface area contributed by atoms with Gasteiger partial charge in [-0.3, -0.25) is 4.90 Å². The Labute approximate surface area is 133 Å². The van der Waals surface area contributed by atoms with Gasteiger partial charge in [0.2, 0.25) is 5.95 Å². The molecule has 116 valence electrons. The van der Waals surface area contributed by atoms with Gasteiger partial charge in [-0.15, -0.1) is 0 Å². The molecule has 2 heterocycles. The van der Waals surface area contributed by atoms with Crippen LogP contribution in [0.4, 0.5) is 5.95 Å². The third-order valence-corrected chi connectivity index (χ3v) is 4.23. The molecule has 7 heteroatoms. The summed E-state index contributed by atoms with van der Waals surface area (Å²) in [7, 11) is 1.50. The summed E-state index contributed by atoms with van der Waals surface area (Å²) in [5.41, 5.74) is 8.56. The number of halogens is 1. The van der Waals surface area contributed by atoms with Gasteiger partial charge in [-0.1, -0.05) is 17.7 Å². The van der Waals surface area contributed by atoms with Crippen LogP contribution in [0.5, 0.6) is 11.5 Å². The van der Waals surface area contributed by atoms with Gasteiger partial charge in [-0.2, -0.15) is 0 Å². The van der Waals surface area contributed by atoms with Gasteiger partial charge < -0.3 is 15.6 Å². The summed E-state index contributed by atoms with van der Waals surface area (Å²) in [4.78, 5) is 10.5. The maximum absolute atomic E-state index is 9.99. The van der Waals surface area contributed by atoms with Crippen LogP contribution in [0, 0.1) is 0 Å². The lowest BCUT2D eigenvalue weighted by Gasteiger charge is -2.28. The first-order valence-corrected chi connectivity index (χ1v) is 7.33. The van der Waals surface area contributed by atoms with E-state index in [9.17, 15) is 5.11 Å². The summed E-state index contributed by atoms with van der Waals surface area (Å²) in [5.74, 6) is 0.673. The molecule has 6 nitrogen and oxygen atoms in total. The number of phenols is 1. The number of benzene rings is 1. The van der Waals surface area contributed by atoms with Gasteiger partial charge >= 0.3 is 0 Å². The topological polar surface area (TPSA) is 84.5 Å². The number of aromatic hydroxyl groups is 1. The van der Waals surface area contributed by atoms with E-state index in [2.05, 4.69) is 14.9 Å². The number of rotatable bonds is 3. The zero-order chi connectivity index (χ0) is 15.7. The number of hydrogen-bond donors (Lipinski definition) is 2. The van der Waals surface area contributed by atoms with Crippen molar-refractivity contribution < 1.29 is 9.84 Å². The number of fused-ring (bicyclic) bond motifs is 1. The molecule has 3 rings (SSSR count). The zero-order valence-electron chi connectivity index (χ0n) is 12.2. The van der Waals surface area contributed by atoms with Crippen molar-refractivity contribution in [1.29, 1.82) is 0 Å². The van der Waals surface area contributed by atoms with E-state index in [-0.39, 0.29) is 5.75 Å². The summed E-state index contributed by atoms with van der Waals surface area (Å²) in [6.45, 7) is 2.23. The maximum Gasteiger partial charge on any atom is 0.220 e. The van der Waals surface area contributed by atoms with Gasteiger partial charge in [-0.25, -0.2) is 9.97 Å². The molecule has 3 N–H and O–H groups in total. The number of nitrogen functional groups attached to an aromatic ring is 1. The number of nitrogens with zero attached hydrogens (tertiary/aromatic N) is 3. The largest absolute Gasteiger partial charge is 0.503 e. The minimum absolute atomic E-state index is 0.0183. The van der Waals surface area contributed by atoms with Gasteiger partial charge in [0.15, 0.2) is 11.5 Å². The fraction of sp³-hybridized carbons (Fsp3) is 0.333. The van der Waals surface area contributed by atoms with Crippen LogP contribution in [-0.2, 0) is 19.5 Å². The molecular formula is C15H17ClN4O2. The first-order valence-electron chi connectivity index (χ1n) is 6.95. The average molecular weight is 321 g/mol. The molecule has 22 heavy (non-hydrogen) atoms. The fourth-order valence-corrected chi connectivity index (χ4v) is 2.86. The van der Waals surface area contributed by atoms with E-state index >= 15 is 0 Å². The highest BCUT2D eigenvalue weighted by Crippen LogP contribution is 2.37. The highest BCUT2D eigenvalue weighted by molar-refractivity contribution is 6.33. The second kappa shape index (κ2) is 5.98. The van der Waals surface area contributed by atoms with E-state index < -0.39 is 0 Å². The van der Waals surface area contributed by atoms with Crippen LogP contribution in [0.1, 0.15) is 16.8 Å². The first-order chi connectivity index (χ1) is 10.6. The monoisotopic (exact) mass is 320 g/mol. The maximum atomic E-state index is 9.99. The van der Waals surface area contributed by atoms with E-state index in [1.165, 1.54) is 7.11 Å². The highest BCUT2D eigenvalue weighted by Gasteiger charge is 2.20. The summed E-state index contributed by atoms with van der Waals surface area (Å²) in [5, 5.41) is 10.3. The molecule has 1 aromatic heterocycles. The lowest BCUT2D eigenvalue weighted by molar-refractivity contribution is 0.242. The van der Waals surface area contributed by atoms with Crippen molar-refractivity contribution in [1.82, 2.24) is 14.9 Å². The van der Waals surface area contributed by atoms with E-state index in [0.29, 0.717) is 23.3 Å². The van der Waals surface area contributed by atoms with Crippen LogP contribution in [0.25, 0.3) is 0 Å². The van der Waals surface area contributed by atoms with Crippen molar-refractivity contribution in [2.24, 2.45) is 0 Å². The van der Waals surface area contributed by atoms with Crippen molar-refractivity contribution in [3.63, 3.8) is 0 Å². The van der Waals surface area contributed by atoms with E-state index in [4.69, 9.17) is 22.1 Å². The number of ether oxygens (including phenoxy) is 1. The van der Waals surface area contributed by atoms with Gasteiger partial charge in [-0.05, 0) is 11.6 Å². The SMILES string of the molecule is COc1ccc(CN2CCc3nc(N)ncc3C2)c(Cl)c1O. The normalized spacial score (nSPS) is 14.6. The number of aromatic nitrogens is 2. The fourth-order valence-electron chi connectivity index (χ4n) is 2.64. The van der Waals surface area contributed by atoms with Gasteiger partial charge in [0.05, 0.1) is 17.8 Å². The Kier molecular flexibility index (Phi) is 4.04. The molecule has 0 saturated heterocycles. The van der Waals surface area contributed by atoms with Crippen LogP contribution < -0.4 is 10.5 Å². The third-order valence-electron chi connectivity index (χ3n) is 3.80. The molecule has 2 aromatic rings. The second-order valence-electron chi connectivity index (χ2n) is 5.25. The molecule has 1 aliphatic rings. The van der Waals surface area contributed by atoms with E-state index in [1.54, 1.807) is 12.3 Å². The molecule has 0 fully saturated rings. The molecular weight excluding hydrogens is 304 g/mol. The van der Waals surface area contributed by atoms with Gasteiger partial charge in [0.1, 0.15) is 0 Å². The Bertz CT molecular complexity index is 708. The molecule has 0 amide bonds. The number of phenolic OH excluding ortho intramolecular Hbond substituents is 1. The Morgan fingerprint density at radius 2 is 2.27 bits per heavy atom. The summed E-state index contributed by atoms with van der Waals surface area (Å²) >= 11 is 6.22. The van der Waals surface area contributed by atoms with Crippen molar-refractivity contribution >= 4 is 17.5 Å². The van der Waals surface area contributed by atoms with Crippen molar-refractivity contribution in [3.8, 4) is 11.5 Å². The van der Waals surface area contributed by atoms with Crippen LogP contribution >= 0.6 is 11.6 Å².